The first-order valence-electron chi connectivity index (χ1n) is 36.1. The number of hydrogen-bond acceptors (Lipinski definition) is 36. The molecule has 12 aliphatic rings. The molecule has 36 heteroatoms. The maximum absolute atomic E-state index is 15.7. The van der Waals surface area contributed by atoms with E-state index in [-0.39, 0.29) is 25.7 Å². The van der Waals surface area contributed by atoms with Crippen molar-refractivity contribution in [1.82, 2.24) is 0 Å². The van der Waals surface area contributed by atoms with Crippen molar-refractivity contribution in [1.29, 1.82) is 0 Å². The van der Waals surface area contributed by atoms with E-state index >= 15 is 4.79 Å². The number of fused-ring (bicyclic) bond motifs is 7. The van der Waals surface area contributed by atoms with E-state index in [9.17, 15) is 107 Å². The molecule has 0 aromatic carbocycles. The lowest BCUT2D eigenvalue weighted by molar-refractivity contribution is -0.386. The quantitative estimate of drug-likeness (QED) is 0.0365. The van der Waals surface area contributed by atoms with Gasteiger partial charge >= 0.3 is 5.97 Å². The number of carbonyl (C=O) groups is 1. The van der Waals surface area contributed by atoms with Gasteiger partial charge in [-0.2, -0.15) is 0 Å². The molecule has 7 aliphatic heterocycles. The minimum atomic E-state index is -2.14. The van der Waals surface area contributed by atoms with E-state index in [1.807, 2.05) is 34.6 Å². The van der Waals surface area contributed by atoms with Crippen molar-refractivity contribution in [2.45, 2.75) is 309 Å². The largest absolute Gasteiger partial charge is 0.432 e. The van der Waals surface area contributed by atoms with Crippen LogP contribution >= 0.6 is 0 Å². The van der Waals surface area contributed by atoms with Gasteiger partial charge in [-0.3, -0.25) is 4.79 Å². The second kappa shape index (κ2) is 30.1. The van der Waals surface area contributed by atoms with Crippen LogP contribution in [-0.2, 0) is 71.1 Å². The predicted molar refractivity (Wildman–Crippen MR) is 339 cm³/mol. The van der Waals surface area contributed by atoms with Gasteiger partial charge in [0.25, 0.3) is 0 Å². The average Bonchev–Trinajstić information content (AvgIpc) is 0.732. The minimum Gasteiger partial charge on any atom is -0.432 e. The summed E-state index contributed by atoms with van der Waals surface area (Å²) in [4.78, 5) is 15.7. The Kier molecular flexibility index (Phi) is 23.5. The van der Waals surface area contributed by atoms with Gasteiger partial charge in [0.05, 0.1) is 82.9 Å². The van der Waals surface area contributed by atoms with Gasteiger partial charge in [-0.1, -0.05) is 53.2 Å². The van der Waals surface area contributed by atoms with E-state index in [1.165, 1.54) is 13.8 Å². The molecule has 11 fully saturated rings. The van der Waals surface area contributed by atoms with Gasteiger partial charge < -0.3 is 174 Å². The van der Waals surface area contributed by atoms with E-state index in [4.69, 9.17) is 66.3 Å². The molecule has 0 amide bonds. The fraction of sp³-hybridized carbons (Fsp3) is 0.956. The monoisotopic (exact) mass is 1500 g/mol. The van der Waals surface area contributed by atoms with E-state index in [0.717, 1.165) is 5.57 Å². The van der Waals surface area contributed by atoms with Crippen LogP contribution in [0.5, 0.6) is 0 Å². The van der Waals surface area contributed by atoms with Crippen LogP contribution in [0.3, 0.4) is 0 Å². The Hall–Kier alpha value is -2.15. The normalized spacial score (nSPS) is 56.2. The van der Waals surface area contributed by atoms with Crippen LogP contribution in [0, 0.1) is 50.2 Å². The van der Waals surface area contributed by atoms with Crippen molar-refractivity contribution in [3.05, 3.63) is 11.6 Å². The lowest BCUT2D eigenvalue weighted by atomic mass is 9.32. The lowest BCUT2D eigenvalue weighted by Gasteiger charge is -2.73. The first-order chi connectivity index (χ1) is 48.7. The number of carbonyl (C=O) groups excluding carboxylic acids is 1. The number of hydrogen-bond donors (Lipinski definition) is 21. The molecule has 7 heterocycles. The molecule has 36 nitrogen and oxygen atoms in total. The first kappa shape index (κ1) is 81.3. The molecule has 0 aromatic heterocycles. The SMILES string of the molecule is C[C@@H]1O[C@@H](O[C@@H]2[C@@H](O)[C@H](O[C@@H]3[C@@H](O)[C@@H](O)[C@H](O[C@H]4[C@H](OC(=O)[C@]56CCC(C)(C)C[C@@H]5C5=CC[C@@H]7[C@@]8(C)C[C@H](O)[C@H](O[C@@H]9O[C@H](CO)[C@@H](O)[C@H](O[C@@H]%10OC[C@](O)(CO)[C@H]%10O)[C@H]9O)[C@@](C)(CO)[C@@H]8[C@H](O)C[C@@]7(C)[C@]5(C)C[C@H]6O)OC[C@H](O)[C@@H]4O)O[C@H]3C)OC[C@H]2O[C@@H]2OC[C@@H](O)[C@H](O)[C@H]2O)[C@H](O)[C@H](O)[C@H]1O. The van der Waals surface area contributed by atoms with Crippen molar-refractivity contribution in [2.75, 3.05) is 46.2 Å². The Labute approximate surface area is 599 Å². The molecule has 12 rings (SSSR count). The molecule has 0 bridgehead atoms. The molecule has 0 unspecified atom stereocenters. The van der Waals surface area contributed by atoms with Crippen LogP contribution < -0.4 is 0 Å². The van der Waals surface area contributed by atoms with E-state index in [1.54, 1.807) is 6.92 Å². The molecule has 598 valence electrons. The van der Waals surface area contributed by atoms with Gasteiger partial charge in [0, 0.05) is 11.3 Å². The predicted octanol–water partition coefficient (Wildman–Crippen LogP) is -8.06. The topological polar surface area (TPSA) is 571 Å². The number of rotatable bonds is 17. The maximum atomic E-state index is 15.7. The standard InChI is InChI=1S/C68H110O36/c1-24-36(77)40(81)43(84)56(95-24)100-48-33(98-54-42(83)37(78)30(74)18-91-54)20-93-55(45(48)86)99-47-25(2)96-57(44(85)41(47)82)102-50-38(79)31(75)19-92-59(50)104-61(89)68-12-11-62(3,4)13-27(68)26-9-10-34-63(5)14-29(73)53(64(6,21-70)51(63)28(72)15-66(34,8)65(26,7)16-35(68)76)103-58-46(87)49(39(80)32(17-69)97-58)101-60-52(88)67(90,22-71)23-94-60/h9,24-25,27-60,69-88,90H,10-23H2,1-8H3/t24-,25-,27+,28+,29-,30+,31-,32+,33+,34+,35+,36-,37-,38-,39+,40+,41-,42+,43+,44+,45+,46+,47-,48-,49-,50+,51+,52-,53-,54-,55-,56-,57-,58-,59-,60-,63+,64-,65+,66+,67+,68+/m0/s1. The molecule has 7 saturated heterocycles. The Morgan fingerprint density at radius 1 is 0.500 bits per heavy atom. The van der Waals surface area contributed by atoms with Crippen LogP contribution in [0.4, 0.5) is 0 Å². The van der Waals surface area contributed by atoms with Crippen LogP contribution in [0.15, 0.2) is 11.6 Å². The van der Waals surface area contributed by atoms with Gasteiger partial charge in [0.15, 0.2) is 43.8 Å². The summed E-state index contributed by atoms with van der Waals surface area (Å²) in [6.45, 7) is 9.78. The summed E-state index contributed by atoms with van der Waals surface area (Å²) in [6, 6.07) is 0. The summed E-state index contributed by atoms with van der Waals surface area (Å²) in [5.74, 6) is -2.94. The van der Waals surface area contributed by atoms with Gasteiger partial charge in [-0.25, -0.2) is 0 Å². The zero-order valence-corrected chi connectivity index (χ0v) is 59.3. The van der Waals surface area contributed by atoms with Crippen LogP contribution in [0.2, 0.25) is 0 Å². The Morgan fingerprint density at radius 2 is 1.08 bits per heavy atom. The van der Waals surface area contributed by atoms with E-state index in [0.29, 0.717) is 19.3 Å². The van der Waals surface area contributed by atoms with Gasteiger partial charge in [0.1, 0.15) is 127 Å². The number of aliphatic hydroxyl groups excluding tert-OH is 20. The molecular weight excluding hydrogens is 1390 g/mol. The first-order valence-corrected chi connectivity index (χ1v) is 36.1. The smallest absolute Gasteiger partial charge is 0.317 e. The Bertz CT molecular complexity index is 3000. The van der Waals surface area contributed by atoms with Gasteiger partial charge in [-0.05, 0) is 92.3 Å². The highest BCUT2D eigenvalue weighted by Gasteiger charge is 2.75. The molecule has 0 aromatic rings. The third-order valence-corrected chi connectivity index (χ3v) is 26.3. The van der Waals surface area contributed by atoms with Crippen LogP contribution in [0.1, 0.15) is 100 Å². The molecular formula is C68H110O36. The number of ether oxygens (including phenoxy) is 14. The number of aliphatic hydroxyl groups is 21. The summed E-state index contributed by atoms with van der Waals surface area (Å²) in [6.07, 6.45) is -52.5. The van der Waals surface area contributed by atoms with Crippen molar-refractivity contribution in [2.24, 2.45) is 50.2 Å². The van der Waals surface area contributed by atoms with Crippen LogP contribution in [-0.4, -0.2) is 368 Å². The molecule has 5 aliphatic carbocycles. The van der Waals surface area contributed by atoms with Crippen molar-refractivity contribution in [3.8, 4) is 0 Å². The van der Waals surface area contributed by atoms with Gasteiger partial charge in [-0.15, -0.1) is 0 Å². The van der Waals surface area contributed by atoms with E-state index < -0.39 is 311 Å². The van der Waals surface area contributed by atoms with Crippen LogP contribution in [0.25, 0.3) is 0 Å². The maximum Gasteiger partial charge on any atom is 0.317 e. The lowest BCUT2D eigenvalue weighted by Crippen LogP contribution is -2.73. The Balaban J connectivity index is 0.752. The second-order valence-electron chi connectivity index (χ2n) is 33.3. The number of esters is 1. The van der Waals surface area contributed by atoms with Crippen molar-refractivity contribution >= 4 is 5.97 Å². The fourth-order valence-electron chi connectivity index (χ4n) is 20.2. The summed E-state index contributed by atoms with van der Waals surface area (Å²) in [7, 11) is 0. The highest BCUT2D eigenvalue weighted by molar-refractivity contribution is 5.80. The second-order valence-corrected chi connectivity index (χ2v) is 33.3. The summed E-state index contributed by atoms with van der Waals surface area (Å²) >= 11 is 0. The molecule has 42 atom stereocenters. The fourth-order valence-corrected chi connectivity index (χ4v) is 20.2. The third kappa shape index (κ3) is 13.6. The number of allylic oxidation sites excluding steroid dienone is 2. The summed E-state index contributed by atoms with van der Waals surface area (Å²) < 4.78 is 82.9. The van der Waals surface area contributed by atoms with Crippen molar-refractivity contribution < 1.29 is 178 Å². The zero-order valence-electron chi connectivity index (χ0n) is 59.3. The summed E-state index contributed by atoms with van der Waals surface area (Å²) in [5, 5.41) is 236. The molecule has 4 saturated carbocycles. The average molecular weight is 1500 g/mol. The third-order valence-electron chi connectivity index (χ3n) is 26.3. The van der Waals surface area contributed by atoms with Crippen molar-refractivity contribution in [3.63, 3.8) is 0 Å². The highest BCUT2D eigenvalue weighted by atomic mass is 16.8. The Morgan fingerprint density at radius 3 is 1.73 bits per heavy atom. The zero-order chi connectivity index (χ0) is 75.9. The summed E-state index contributed by atoms with van der Waals surface area (Å²) in [5.41, 5.74) is -7.94. The van der Waals surface area contributed by atoms with E-state index in [2.05, 4.69) is 6.08 Å². The van der Waals surface area contributed by atoms with Gasteiger partial charge in [0.2, 0.25) is 6.29 Å². The highest BCUT2D eigenvalue weighted by Crippen LogP contribution is 2.76. The molecule has 21 N–H and O–H groups in total. The minimum absolute atomic E-state index is 0.0505. The molecule has 104 heavy (non-hydrogen) atoms. The molecule has 0 spiro atoms. The molecule has 0 radical (unpaired) electrons.